The van der Waals surface area contributed by atoms with Crippen LogP contribution in [-0.2, 0) is 11.1 Å². The Morgan fingerprint density at radius 3 is 2.65 bits per heavy atom. The van der Waals surface area contributed by atoms with E-state index in [0.29, 0.717) is 5.02 Å². The molecule has 0 saturated heterocycles. The predicted molar refractivity (Wildman–Crippen MR) is 66.8 cm³/mol. The molecule has 0 aromatic heterocycles. The molecule has 3 nitrogen and oxygen atoms in total. The number of hydrogen-bond acceptors (Lipinski definition) is 3. The van der Waals surface area contributed by atoms with Gasteiger partial charge in [-0.25, -0.2) is 0 Å². The fraction of sp³-hybridized carbons (Fsp3) is 0. The van der Waals surface area contributed by atoms with Gasteiger partial charge < -0.3 is 4.74 Å². The van der Waals surface area contributed by atoms with Gasteiger partial charge >= 0.3 is 0 Å². The Morgan fingerprint density at radius 2 is 1.82 bits per heavy atom. The predicted octanol–water partition coefficient (Wildman–Crippen LogP) is 3.38. The second kappa shape index (κ2) is 4.23. The van der Waals surface area contributed by atoms with E-state index in [1.54, 1.807) is 12.1 Å². The zero-order chi connectivity index (χ0) is 11.8. The molecule has 1 heterocycles. The molecule has 2 aromatic carbocycles. The second-order valence-electron chi connectivity index (χ2n) is 3.54. The summed E-state index contributed by atoms with van der Waals surface area (Å²) in [6, 6.07) is 13.0. The van der Waals surface area contributed by atoms with E-state index in [1.165, 1.54) is 0 Å². The average Bonchev–Trinajstić information content (AvgIpc) is 2.36. The lowest BCUT2D eigenvalue weighted by Crippen LogP contribution is -2.24. The highest BCUT2D eigenvalue weighted by Crippen LogP contribution is 2.42. The Hall–Kier alpha value is -1.20. The van der Waals surface area contributed by atoms with E-state index >= 15 is 0 Å². The molecule has 3 rings (SSSR count). The molecule has 1 aliphatic heterocycles. The van der Waals surface area contributed by atoms with Crippen LogP contribution in [0.2, 0.25) is 5.02 Å². The zero-order valence-corrected chi connectivity index (χ0v) is 10.3. The highest BCUT2D eigenvalue weighted by Gasteiger charge is 2.37. The molecule has 0 radical (unpaired) electrons. The van der Waals surface area contributed by atoms with Crippen LogP contribution >= 0.6 is 11.6 Å². The Labute approximate surface area is 106 Å². The Morgan fingerprint density at radius 1 is 1.06 bits per heavy atom. The van der Waals surface area contributed by atoms with E-state index < -0.39 is 11.1 Å². The number of nitrogens with one attached hydrogen (secondary N) is 1. The van der Waals surface area contributed by atoms with Crippen LogP contribution in [0.3, 0.4) is 0 Å². The second-order valence-corrected chi connectivity index (χ2v) is 5.65. The molecular weight excluding hydrogens is 258 g/mol. The maximum absolute atomic E-state index is 9.34. The third-order valence-electron chi connectivity index (χ3n) is 2.51. The highest BCUT2D eigenvalue weighted by molar-refractivity contribution is 7.95. The molecule has 2 aromatic rings. The topological polar surface area (TPSA) is 41.5 Å². The van der Waals surface area contributed by atoms with Crippen LogP contribution in [0.25, 0.3) is 0 Å². The van der Waals surface area contributed by atoms with Crippen molar-refractivity contribution in [3.05, 3.63) is 47.5 Å². The third kappa shape index (κ3) is 1.79. The number of hydrogen-bond donors (Lipinski definition) is 2. The van der Waals surface area contributed by atoms with Gasteiger partial charge in [0, 0.05) is 11.1 Å². The van der Waals surface area contributed by atoms with Gasteiger partial charge in [-0.1, -0.05) is 23.7 Å². The number of fused-ring (bicyclic) bond motifs is 2. The van der Waals surface area contributed by atoms with Crippen LogP contribution in [0.5, 0.6) is 11.5 Å². The lowest BCUT2D eigenvalue weighted by atomic mass is 10.3. The minimum atomic E-state index is -0.616. The van der Waals surface area contributed by atoms with Crippen LogP contribution in [-0.4, -0.2) is 5.21 Å². The van der Waals surface area contributed by atoms with Gasteiger partial charge in [0.05, 0.1) is 0 Å². The van der Waals surface area contributed by atoms with Crippen molar-refractivity contribution in [2.24, 2.45) is 0 Å². The molecule has 0 saturated carbocycles. The lowest BCUT2D eigenvalue weighted by Gasteiger charge is -2.17. The van der Waals surface area contributed by atoms with E-state index in [9.17, 15) is 5.21 Å². The van der Waals surface area contributed by atoms with Crippen molar-refractivity contribution >= 4 is 22.7 Å². The zero-order valence-electron chi connectivity index (χ0n) is 8.68. The van der Waals surface area contributed by atoms with Crippen molar-refractivity contribution in [3.63, 3.8) is 0 Å². The molecule has 0 amide bonds. The van der Waals surface area contributed by atoms with Crippen LogP contribution in [0, 0.1) is 0 Å². The third-order valence-corrected chi connectivity index (χ3v) is 4.46. The fourth-order valence-corrected chi connectivity index (χ4v) is 3.52. The molecule has 17 heavy (non-hydrogen) atoms. The van der Waals surface area contributed by atoms with Gasteiger partial charge in [-0.2, -0.15) is 0 Å². The van der Waals surface area contributed by atoms with Crippen LogP contribution < -0.4 is 9.62 Å². The van der Waals surface area contributed by atoms with Gasteiger partial charge in [0.2, 0.25) is 9.79 Å². The van der Waals surface area contributed by atoms with Gasteiger partial charge in [-0.15, -0.1) is 0 Å². The summed E-state index contributed by atoms with van der Waals surface area (Å²) in [5.74, 6) is 1.48. The molecule has 1 atom stereocenters. The van der Waals surface area contributed by atoms with E-state index in [0.717, 1.165) is 21.3 Å². The minimum Gasteiger partial charge on any atom is -0.447 e. The van der Waals surface area contributed by atoms with E-state index in [1.807, 2.05) is 30.3 Å². The van der Waals surface area contributed by atoms with Gasteiger partial charge in [0.1, 0.15) is 0 Å². The highest BCUT2D eigenvalue weighted by atomic mass is 35.5. The first kappa shape index (κ1) is 10.9. The number of para-hydroxylation sites is 1. The summed E-state index contributed by atoms with van der Waals surface area (Å²) in [4.78, 5) is 4.11. The summed E-state index contributed by atoms with van der Waals surface area (Å²) in [5, 5.41) is 9.96. The molecule has 1 aliphatic rings. The van der Waals surface area contributed by atoms with Gasteiger partial charge in [0.15, 0.2) is 22.6 Å². The molecule has 5 heteroatoms. The first-order chi connectivity index (χ1) is 8.29. The van der Waals surface area contributed by atoms with Crippen molar-refractivity contribution in [2.45, 2.75) is 9.79 Å². The fourth-order valence-electron chi connectivity index (χ4n) is 1.76. The van der Waals surface area contributed by atoms with Gasteiger partial charge in [-0.05, 0) is 29.2 Å². The van der Waals surface area contributed by atoms with Gasteiger partial charge in [-0.3, -0.25) is 5.21 Å². The quantitative estimate of drug-likeness (QED) is 0.614. The van der Waals surface area contributed by atoms with E-state index in [4.69, 9.17) is 16.3 Å². The van der Waals surface area contributed by atoms with Crippen molar-refractivity contribution in [3.8, 4) is 11.5 Å². The maximum Gasteiger partial charge on any atom is 0.228 e. The summed E-state index contributed by atoms with van der Waals surface area (Å²) in [6.45, 7) is 0. The summed E-state index contributed by atoms with van der Waals surface area (Å²) < 4.78 is 5.76. The minimum absolute atomic E-state index is 0.616. The van der Waals surface area contributed by atoms with Crippen molar-refractivity contribution in [1.82, 2.24) is 4.89 Å². The van der Waals surface area contributed by atoms with E-state index in [2.05, 4.69) is 4.89 Å². The lowest BCUT2D eigenvalue weighted by molar-refractivity contribution is 0.253. The normalized spacial score (nSPS) is 16.9. The van der Waals surface area contributed by atoms with E-state index in [-0.39, 0.29) is 0 Å². The largest absolute Gasteiger partial charge is 0.447 e. The Balaban J connectivity index is 2.19. The first-order valence-corrected chi connectivity index (χ1v) is 6.60. The summed E-state index contributed by atoms with van der Waals surface area (Å²) in [5.41, 5.74) is 0. The molecule has 86 valence electrons. The standard InChI is InChI=1S/C12H9ClNO2S/c13-8-5-6-10-12(7-8)17(14-15)11-4-2-1-3-9(11)16-10/h1-7,14-15H/q+1. The number of benzene rings is 2. The van der Waals surface area contributed by atoms with Crippen LogP contribution in [0.15, 0.2) is 52.3 Å². The van der Waals surface area contributed by atoms with Crippen molar-refractivity contribution in [2.75, 3.05) is 0 Å². The van der Waals surface area contributed by atoms with Crippen molar-refractivity contribution in [1.29, 1.82) is 0 Å². The Kier molecular flexibility index (Phi) is 2.72. The van der Waals surface area contributed by atoms with Crippen LogP contribution in [0.1, 0.15) is 0 Å². The van der Waals surface area contributed by atoms with Gasteiger partial charge in [0.25, 0.3) is 0 Å². The first-order valence-electron chi connectivity index (χ1n) is 5.00. The molecule has 0 spiro atoms. The number of rotatable bonds is 1. The molecule has 0 aliphatic carbocycles. The molecule has 1 unspecified atom stereocenters. The summed E-state index contributed by atoms with van der Waals surface area (Å²) in [7, 11) is 0. The molecular formula is C12H9ClNO2S+. The summed E-state index contributed by atoms with van der Waals surface area (Å²) >= 11 is 5.35. The van der Waals surface area contributed by atoms with Crippen LogP contribution in [0.4, 0.5) is 0 Å². The molecule has 0 fully saturated rings. The monoisotopic (exact) mass is 266 g/mol. The SMILES string of the molecule is ON[S+]1c2ccccc2Oc2ccc(Cl)cc21. The van der Waals surface area contributed by atoms with Crippen molar-refractivity contribution < 1.29 is 9.94 Å². The maximum atomic E-state index is 9.34. The number of ether oxygens (including phenoxy) is 1. The number of halogens is 1. The summed E-state index contributed by atoms with van der Waals surface area (Å²) in [6.07, 6.45) is 0. The average molecular weight is 267 g/mol. The molecule has 0 bridgehead atoms. The Bertz CT molecular complexity index is 576. The molecule has 2 N–H and O–H groups in total. The smallest absolute Gasteiger partial charge is 0.228 e.